The number of ether oxygens (including phenoxy) is 2. The van der Waals surface area contributed by atoms with E-state index in [0.29, 0.717) is 13.0 Å². The molecule has 22 heavy (non-hydrogen) atoms. The van der Waals surface area contributed by atoms with E-state index in [-0.39, 0.29) is 19.3 Å². The lowest BCUT2D eigenvalue weighted by Gasteiger charge is -2.28. The fourth-order valence-corrected chi connectivity index (χ4v) is 2.11. The Balaban J connectivity index is 2.20. The van der Waals surface area contributed by atoms with Crippen LogP contribution in [0.25, 0.3) is 0 Å². The zero-order valence-electron chi connectivity index (χ0n) is 11.9. The summed E-state index contributed by atoms with van der Waals surface area (Å²) in [5.41, 5.74) is 0. The molecule has 0 amide bonds. The summed E-state index contributed by atoms with van der Waals surface area (Å²) in [6.45, 7) is 0.561. The molecule has 0 aromatic carbocycles. The Bertz CT molecular complexity index is 325. The molecule has 1 saturated heterocycles. The zero-order chi connectivity index (χ0) is 16.9. The Morgan fingerprint density at radius 2 is 1.64 bits per heavy atom. The van der Waals surface area contributed by atoms with Gasteiger partial charge >= 0.3 is 18.0 Å². The van der Waals surface area contributed by atoms with Crippen molar-refractivity contribution in [2.24, 2.45) is 0 Å². The summed E-state index contributed by atoms with van der Waals surface area (Å²) in [7, 11) is 0. The van der Waals surface area contributed by atoms with Crippen LogP contribution in [0.3, 0.4) is 0 Å². The third-order valence-corrected chi connectivity index (χ3v) is 3.45. The molecule has 9 heteroatoms. The third-order valence-electron chi connectivity index (χ3n) is 3.45. The lowest BCUT2D eigenvalue weighted by Crippen LogP contribution is -2.51. The standard InChI is InChI=1S/C13H19F7O2/c14-11(15,12(16,17)13(18,19)20)6-3-7-21-9-5-10-4-1-2-8-22-10/h10H,1-9H2. The van der Waals surface area contributed by atoms with Crippen molar-refractivity contribution in [3.8, 4) is 0 Å². The Morgan fingerprint density at radius 1 is 0.955 bits per heavy atom. The highest BCUT2D eigenvalue weighted by molar-refractivity contribution is 4.90. The van der Waals surface area contributed by atoms with Crippen LogP contribution in [0.4, 0.5) is 30.7 Å². The molecule has 1 aliphatic heterocycles. The Hall–Kier alpha value is -0.570. The van der Waals surface area contributed by atoms with Crippen molar-refractivity contribution < 1.29 is 40.2 Å². The number of rotatable bonds is 8. The summed E-state index contributed by atoms with van der Waals surface area (Å²) < 4.78 is 97.1. The molecule has 1 atom stereocenters. The van der Waals surface area contributed by atoms with Gasteiger partial charge in [-0.25, -0.2) is 0 Å². The van der Waals surface area contributed by atoms with E-state index in [1.165, 1.54) is 0 Å². The van der Waals surface area contributed by atoms with Crippen LogP contribution >= 0.6 is 0 Å². The monoisotopic (exact) mass is 340 g/mol. The first kappa shape index (κ1) is 19.5. The SMILES string of the molecule is FC(F)(F)C(F)(F)C(F)(F)CCCOCCC1CCCCO1. The average Bonchev–Trinajstić information content (AvgIpc) is 2.42. The van der Waals surface area contributed by atoms with E-state index < -0.39 is 30.9 Å². The summed E-state index contributed by atoms with van der Waals surface area (Å²) in [6.07, 6.45) is -4.96. The van der Waals surface area contributed by atoms with Gasteiger partial charge < -0.3 is 9.47 Å². The Labute approximate surface area is 123 Å². The molecule has 2 nitrogen and oxygen atoms in total. The minimum absolute atomic E-state index is 0.0322. The van der Waals surface area contributed by atoms with Gasteiger partial charge in [0.1, 0.15) is 0 Å². The molecule has 1 rings (SSSR count). The van der Waals surface area contributed by atoms with Gasteiger partial charge in [0.25, 0.3) is 0 Å². The van der Waals surface area contributed by atoms with Gasteiger partial charge in [-0.05, 0) is 32.1 Å². The maximum atomic E-state index is 13.0. The molecule has 1 unspecified atom stereocenters. The van der Waals surface area contributed by atoms with E-state index >= 15 is 0 Å². The third kappa shape index (κ3) is 5.26. The second kappa shape index (κ2) is 7.81. The molecular formula is C13H19F7O2. The first-order chi connectivity index (χ1) is 10.1. The van der Waals surface area contributed by atoms with Gasteiger partial charge in [0.05, 0.1) is 6.10 Å². The molecule has 1 heterocycles. The maximum absolute atomic E-state index is 13.0. The number of hydrogen-bond acceptors (Lipinski definition) is 2. The van der Waals surface area contributed by atoms with Crippen LogP contribution in [-0.2, 0) is 9.47 Å². The molecule has 1 fully saturated rings. The van der Waals surface area contributed by atoms with Crippen molar-refractivity contribution in [1.29, 1.82) is 0 Å². The normalized spacial score (nSPS) is 21.1. The number of alkyl halides is 7. The summed E-state index contributed by atoms with van der Waals surface area (Å²) in [4.78, 5) is 0. The smallest absolute Gasteiger partial charge is 0.381 e. The second-order valence-corrected chi connectivity index (χ2v) is 5.27. The second-order valence-electron chi connectivity index (χ2n) is 5.27. The number of hydrogen-bond donors (Lipinski definition) is 0. The van der Waals surface area contributed by atoms with Gasteiger partial charge in [0.2, 0.25) is 0 Å². The Morgan fingerprint density at radius 3 is 2.18 bits per heavy atom. The zero-order valence-corrected chi connectivity index (χ0v) is 11.9. The molecule has 1 aliphatic rings. The van der Waals surface area contributed by atoms with Crippen LogP contribution in [0.2, 0.25) is 0 Å². The van der Waals surface area contributed by atoms with E-state index in [4.69, 9.17) is 9.47 Å². The van der Waals surface area contributed by atoms with Crippen LogP contribution in [0.5, 0.6) is 0 Å². The van der Waals surface area contributed by atoms with Crippen LogP contribution in [-0.4, -0.2) is 43.9 Å². The fraction of sp³-hybridized carbons (Fsp3) is 1.00. The topological polar surface area (TPSA) is 18.5 Å². The molecule has 0 saturated carbocycles. The van der Waals surface area contributed by atoms with Crippen molar-refractivity contribution in [2.45, 2.75) is 62.7 Å². The first-order valence-corrected chi connectivity index (χ1v) is 7.09. The molecule has 0 aromatic heterocycles. The van der Waals surface area contributed by atoms with Gasteiger partial charge in [-0.3, -0.25) is 0 Å². The van der Waals surface area contributed by atoms with Crippen LogP contribution in [0.15, 0.2) is 0 Å². The van der Waals surface area contributed by atoms with Crippen molar-refractivity contribution in [3.05, 3.63) is 0 Å². The lowest BCUT2D eigenvalue weighted by atomic mass is 10.1. The summed E-state index contributed by atoms with van der Waals surface area (Å²) >= 11 is 0. The van der Waals surface area contributed by atoms with Gasteiger partial charge in [-0.15, -0.1) is 0 Å². The predicted octanol–water partition coefficient (Wildman–Crippen LogP) is 4.58. The minimum atomic E-state index is -6.27. The molecule has 0 N–H and O–H groups in total. The van der Waals surface area contributed by atoms with Crippen LogP contribution < -0.4 is 0 Å². The highest BCUT2D eigenvalue weighted by Gasteiger charge is 2.72. The van der Waals surface area contributed by atoms with E-state index in [9.17, 15) is 30.7 Å². The molecule has 0 aromatic rings. The maximum Gasteiger partial charge on any atom is 0.459 e. The quantitative estimate of drug-likeness (QED) is 0.476. The minimum Gasteiger partial charge on any atom is -0.381 e. The van der Waals surface area contributed by atoms with Crippen LogP contribution in [0.1, 0.15) is 38.5 Å². The predicted molar refractivity (Wildman–Crippen MR) is 64.2 cm³/mol. The van der Waals surface area contributed by atoms with E-state index in [1.54, 1.807) is 0 Å². The fourth-order valence-electron chi connectivity index (χ4n) is 2.11. The van der Waals surface area contributed by atoms with Crippen molar-refractivity contribution >= 4 is 0 Å². The molecule has 0 aliphatic carbocycles. The average molecular weight is 340 g/mol. The van der Waals surface area contributed by atoms with Gasteiger partial charge in [0, 0.05) is 26.2 Å². The highest BCUT2D eigenvalue weighted by Crippen LogP contribution is 2.48. The molecule has 0 spiro atoms. The summed E-state index contributed by atoms with van der Waals surface area (Å²) in [5, 5.41) is 0. The summed E-state index contributed by atoms with van der Waals surface area (Å²) in [5.74, 6) is -11.2. The molecular weight excluding hydrogens is 321 g/mol. The first-order valence-electron chi connectivity index (χ1n) is 7.09. The van der Waals surface area contributed by atoms with Crippen molar-refractivity contribution in [2.75, 3.05) is 19.8 Å². The van der Waals surface area contributed by atoms with Gasteiger partial charge in [-0.1, -0.05) is 0 Å². The molecule has 0 radical (unpaired) electrons. The van der Waals surface area contributed by atoms with E-state index in [1.807, 2.05) is 0 Å². The van der Waals surface area contributed by atoms with Crippen molar-refractivity contribution in [3.63, 3.8) is 0 Å². The largest absolute Gasteiger partial charge is 0.459 e. The molecule has 0 bridgehead atoms. The number of halogens is 7. The molecule has 132 valence electrons. The van der Waals surface area contributed by atoms with Gasteiger partial charge in [0.15, 0.2) is 0 Å². The highest BCUT2D eigenvalue weighted by atomic mass is 19.4. The lowest BCUT2D eigenvalue weighted by molar-refractivity contribution is -0.355. The Kier molecular flexibility index (Phi) is 6.91. The summed E-state index contributed by atoms with van der Waals surface area (Å²) in [6, 6.07) is 0. The van der Waals surface area contributed by atoms with Crippen LogP contribution in [0, 0.1) is 0 Å². The van der Waals surface area contributed by atoms with E-state index in [0.717, 1.165) is 19.3 Å². The van der Waals surface area contributed by atoms with Gasteiger partial charge in [-0.2, -0.15) is 30.7 Å². The van der Waals surface area contributed by atoms with Crippen molar-refractivity contribution in [1.82, 2.24) is 0 Å². The van der Waals surface area contributed by atoms with E-state index in [2.05, 4.69) is 0 Å².